The highest BCUT2D eigenvalue weighted by molar-refractivity contribution is 5.78. The van der Waals surface area contributed by atoms with Crippen molar-refractivity contribution >= 4 is 5.91 Å². The van der Waals surface area contributed by atoms with E-state index in [2.05, 4.69) is 64.2 Å². The number of benzene rings is 1. The van der Waals surface area contributed by atoms with E-state index < -0.39 is 6.10 Å². The fraction of sp³-hybridized carbons (Fsp3) is 0.720. The molecule has 0 spiro atoms. The first-order valence-corrected chi connectivity index (χ1v) is 11.4. The van der Waals surface area contributed by atoms with Crippen LogP contribution in [0.5, 0.6) is 0 Å². The van der Waals surface area contributed by atoms with Gasteiger partial charge in [-0.1, -0.05) is 78.6 Å². The Balaban J connectivity index is 2.54. The van der Waals surface area contributed by atoms with Crippen molar-refractivity contribution in [1.29, 1.82) is 0 Å². The van der Waals surface area contributed by atoms with Gasteiger partial charge in [0.05, 0.1) is 6.10 Å². The zero-order valence-corrected chi connectivity index (χ0v) is 19.5. The predicted octanol–water partition coefficient (Wildman–Crippen LogP) is 4.57. The van der Waals surface area contributed by atoms with Crippen LogP contribution in [0.15, 0.2) is 24.3 Å². The van der Waals surface area contributed by atoms with Gasteiger partial charge in [0.25, 0.3) is 0 Å². The van der Waals surface area contributed by atoms with Crippen LogP contribution in [0.3, 0.4) is 0 Å². The van der Waals surface area contributed by atoms with Gasteiger partial charge in [-0.05, 0) is 48.1 Å². The normalized spacial score (nSPS) is 16.1. The smallest absolute Gasteiger partial charge is 0.222 e. The second kappa shape index (κ2) is 12.3. The highest BCUT2D eigenvalue weighted by atomic mass is 16.3. The van der Waals surface area contributed by atoms with Crippen LogP contribution in [0.1, 0.15) is 84.8 Å². The van der Waals surface area contributed by atoms with Crippen LogP contribution in [0.2, 0.25) is 0 Å². The molecule has 1 aromatic carbocycles. The van der Waals surface area contributed by atoms with Crippen LogP contribution in [-0.2, 0) is 16.6 Å². The summed E-state index contributed by atoms with van der Waals surface area (Å²) in [5.41, 5.74) is 9.13. The molecule has 0 bridgehead atoms. The van der Waals surface area contributed by atoms with Crippen LogP contribution >= 0.6 is 0 Å². The molecule has 166 valence electrons. The van der Waals surface area contributed by atoms with Gasteiger partial charge in [0.1, 0.15) is 0 Å². The number of amides is 1. The van der Waals surface area contributed by atoms with Gasteiger partial charge in [-0.3, -0.25) is 4.79 Å². The van der Waals surface area contributed by atoms with Crippen molar-refractivity contribution in [3.8, 4) is 0 Å². The molecule has 4 atom stereocenters. The number of nitrogens with two attached hydrogens (primary N) is 1. The van der Waals surface area contributed by atoms with E-state index in [9.17, 15) is 9.90 Å². The molecular weight excluding hydrogens is 360 g/mol. The molecule has 0 aliphatic heterocycles. The number of hydrogen-bond acceptors (Lipinski definition) is 3. The summed E-state index contributed by atoms with van der Waals surface area (Å²) in [5, 5.41) is 13.5. The average molecular weight is 405 g/mol. The highest BCUT2D eigenvalue weighted by Gasteiger charge is 2.24. The van der Waals surface area contributed by atoms with E-state index >= 15 is 0 Å². The van der Waals surface area contributed by atoms with Gasteiger partial charge in [0.15, 0.2) is 0 Å². The topological polar surface area (TPSA) is 75.3 Å². The van der Waals surface area contributed by atoms with E-state index in [1.807, 2.05) is 6.92 Å². The van der Waals surface area contributed by atoms with Crippen molar-refractivity contribution in [2.45, 2.75) is 97.6 Å². The molecule has 29 heavy (non-hydrogen) atoms. The lowest BCUT2D eigenvalue weighted by atomic mass is 9.84. The minimum Gasteiger partial charge on any atom is -0.391 e. The van der Waals surface area contributed by atoms with Gasteiger partial charge >= 0.3 is 0 Å². The maximum atomic E-state index is 12.1. The number of hydrogen-bond donors (Lipinski definition) is 3. The number of rotatable bonds is 12. The fourth-order valence-electron chi connectivity index (χ4n) is 3.62. The molecule has 4 N–H and O–H groups in total. The Bertz CT molecular complexity index is 592. The Hall–Kier alpha value is -1.39. The monoisotopic (exact) mass is 404 g/mol. The summed E-state index contributed by atoms with van der Waals surface area (Å²) in [7, 11) is 0. The van der Waals surface area contributed by atoms with Crippen LogP contribution in [-0.4, -0.2) is 29.7 Å². The van der Waals surface area contributed by atoms with Crippen LogP contribution < -0.4 is 11.1 Å². The van der Waals surface area contributed by atoms with Crippen LogP contribution in [0, 0.1) is 11.8 Å². The molecule has 0 aromatic heterocycles. The third-order valence-corrected chi connectivity index (χ3v) is 5.89. The van der Waals surface area contributed by atoms with Crippen molar-refractivity contribution in [2.75, 3.05) is 6.54 Å². The van der Waals surface area contributed by atoms with Crippen LogP contribution in [0.25, 0.3) is 0 Å². The van der Waals surface area contributed by atoms with Gasteiger partial charge in [-0.25, -0.2) is 0 Å². The van der Waals surface area contributed by atoms with Gasteiger partial charge < -0.3 is 16.2 Å². The standard InChI is InChI=1S/C25H44N2O2/c1-7-9-14-27-24(29)18(3)15-23(28)22(26)17-19(8-2)16-20-10-12-21(13-11-20)25(4,5)6/h10-13,18-19,22-23,28H,7-9,14-17,26H2,1-6H3,(H,27,29)/t18?,19-,22+,23+/m1/s1. The van der Waals surface area contributed by atoms with E-state index in [0.29, 0.717) is 18.9 Å². The lowest BCUT2D eigenvalue weighted by Gasteiger charge is -2.26. The maximum absolute atomic E-state index is 12.1. The van der Waals surface area contributed by atoms with Crippen LogP contribution in [0.4, 0.5) is 0 Å². The first-order valence-electron chi connectivity index (χ1n) is 11.4. The second-order valence-corrected chi connectivity index (χ2v) is 9.67. The third-order valence-electron chi connectivity index (χ3n) is 5.89. The van der Waals surface area contributed by atoms with Crippen molar-refractivity contribution in [2.24, 2.45) is 17.6 Å². The van der Waals surface area contributed by atoms with E-state index in [4.69, 9.17) is 5.73 Å². The molecule has 1 unspecified atom stereocenters. The molecule has 0 radical (unpaired) electrons. The molecule has 1 amide bonds. The predicted molar refractivity (Wildman–Crippen MR) is 123 cm³/mol. The molecule has 0 fully saturated rings. The fourth-order valence-corrected chi connectivity index (χ4v) is 3.62. The van der Waals surface area contributed by atoms with Gasteiger partial charge in [-0.15, -0.1) is 0 Å². The van der Waals surface area contributed by atoms with Crippen molar-refractivity contribution in [1.82, 2.24) is 5.32 Å². The van der Waals surface area contributed by atoms with E-state index in [1.54, 1.807) is 0 Å². The SMILES string of the molecule is CCCCNC(=O)C(C)C[C@H](O)[C@@H](N)C[C@H](CC)Cc1ccc(C(C)(C)C)cc1. The number of carbonyl (C=O) groups excluding carboxylic acids is 1. The molecule has 4 nitrogen and oxygen atoms in total. The lowest BCUT2D eigenvalue weighted by molar-refractivity contribution is -0.125. The third kappa shape index (κ3) is 9.31. The largest absolute Gasteiger partial charge is 0.391 e. The second-order valence-electron chi connectivity index (χ2n) is 9.67. The molecule has 0 saturated heterocycles. The molecule has 0 heterocycles. The minimum atomic E-state index is -0.653. The van der Waals surface area contributed by atoms with Gasteiger partial charge in [-0.2, -0.15) is 0 Å². The van der Waals surface area contributed by atoms with Gasteiger partial charge in [0, 0.05) is 18.5 Å². The quantitative estimate of drug-likeness (QED) is 0.447. The maximum Gasteiger partial charge on any atom is 0.222 e. The van der Waals surface area contributed by atoms with Crippen molar-refractivity contribution < 1.29 is 9.90 Å². The lowest BCUT2D eigenvalue weighted by Crippen LogP contribution is -2.40. The Kier molecular flexibility index (Phi) is 10.9. The van der Waals surface area contributed by atoms with E-state index in [1.165, 1.54) is 11.1 Å². The highest BCUT2D eigenvalue weighted by Crippen LogP contribution is 2.25. The first-order chi connectivity index (χ1) is 13.6. The number of aliphatic hydroxyl groups is 1. The zero-order chi connectivity index (χ0) is 22.0. The number of unbranched alkanes of at least 4 members (excludes halogenated alkanes) is 1. The molecule has 4 heteroatoms. The summed E-state index contributed by atoms with van der Waals surface area (Å²) in [6.45, 7) is 13.5. The Morgan fingerprint density at radius 3 is 2.28 bits per heavy atom. The Labute approximate surface area is 178 Å². The molecule has 0 saturated carbocycles. The summed E-state index contributed by atoms with van der Waals surface area (Å²) < 4.78 is 0. The van der Waals surface area contributed by atoms with E-state index in [0.717, 1.165) is 32.1 Å². The molecule has 0 aliphatic carbocycles. The number of aliphatic hydroxyl groups excluding tert-OH is 1. The number of nitrogens with one attached hydrogen (secondary N) is 1. The Morgan fingerprint density at radius 1 is 1.14 bits per heavy atom. The summed E-state index contributed by atoms with van der Waals surface area (Å²) in [6, 6.07) is 8.56. The number of carbonyl (C=O) groups is 1. The van der Waals surface area contributed by atoms with Crippen molar-refractivity contribution in [3.63, 3.8) is 0 Å². The Morgan fingerprint density at radius 2 is 1.76 bits per heavy atom. The summed E-state index contributed by atoms with van der Waals surface area (Å²) in [5.74, 6) is 0.211. The average Bonchev–Trinajstić information content (AvgIpc) is 2.66. The summed E-state index contributed by atoms with van der Waals surface area (Å²) in [4.78, 5) is 12.1. The zero-order valence-electron chi connectivity index (χ0n) is 19.5. The molecule has 0 aliphatic rings. The first kappa shape index (κ1) is 25.6. The van der Waals surface area contributed by atoms with E-state index in [-0.39, 0.29) is 23.3 Å². The van der Waals surface area contributed by atoms with Crippen molar-refractivity contribution in [3.05, 3.63) is 35.4 Å². The summed E-state index contributed by atoms with van der Waals surface area (Å²) in [6.07, 6.45) is 4.55. The minimum absolute atomic E-state index is 0.00989. The molecule has 1 aromatic rings. The summed E-state index contributed by atoms with van der Waals surface area (Å²) >= 11 is 0. The molecule has 1 rings (SSSR count). The van der Waals surface area contributed by atoms with Gasteiger partial charge in [0.2, 0.25) is 5.91 Å². The molecular formula is C25H44N2O2.